The van der Waals surface area contributed by atoms with Gasteiger partial charge in [0.2, 0.25) is 0 Å². The molecule has 0 aromatic heterocycles. The van der Waals surface area contributed by atoms with Gasteiger partial charge >= 0.3 is 39.5 Å². The van der Waals surface area contributed by atoms with Crippen LogP contribution in [0.2, 0.25) is 0 Å². The Morgan fingerprint density at radius 3 is 0.729 bits per heavy atom. The standard InChI is InChI=1S/C77H144O17P2/c1-5-9-13-17-21-25-29-33-35-39-43-47-51-55-59-63-76(81)93-72(67-87-74(79)61-57-53-49-45-41-37-31-27-23-19-15-11-7-3)69-91-95(83,84)89-65-71(78)66-90-96(85,86)92-70-73(68-88-75(80)62-58-54-50-46-42-38-32-28-24-20-16-12-8-4)94-77(82)64-60-56-52-48-44-40-36-34-30-26-22-18-14-10-6-2/h27,31,33-36,71-73,78H,5-26,28-30,32,37-70H2,1-4H3,(H,83,84)(H,85,86)/b31-27-,35-33-,36-34-/t71-,72-,73-/m1/s1. The summed E-state index contributed by atoms with van der Waals surface area (Å²) in [5.74, 6) is -2.16. The maximum Gasteiger partial charge on any atom is 0.472 e. The zero-order chi connectivity index (χ0) is 70.4. The van der Waals surface area contributed by atoms with Gasteiger partial charge in [0.15, 0.2) is 12.2 Å². The summed E-state index contributed by atoms with van der Waals surface area (Å²) < 4.78 is 68.5. The van der Waals surface area contributed by atoms with Crippen molar-refractivity contribution in [2.45, 2.75) is 393 Å². The Bertz CT molecular complexity index is 1970. The Hall–Kier alpha value is -2.72. The molecule has 3 N–H and O–H groups in total. The number of phosphoric ester groups is 2. The molecule has 0 amide bonds. The molecule has 0 aromatic rings. The summed E-state index contributed by atoms with van der Waals surface area (Å²) in [6.07, 6.45) is 65.5. The largest absolute Gasteiger partial charge is 0.472 e. The number of hydrogen-bond donors (Lipinski definition) is 3. The van der Waals surface area contributed by atoms with Crippen LogP contribution in [0.1, 0.15) is 374 Å². The smallest absolute Gasteiger partial charge is 0.462 e. The molecule has 0 fully saturated rings. The molecule has 564 valence electrons. The summed E-state index contributed by atoms with van der Waals surface area (Å²) in [6, 6.07) is 0. The number of carbonyl (C=O) groups is 4. The van der Waals surface area contributed by atoms with Gasteiger partial charge in [-0.1, -0.05) is 282 Å². The maximum absolute atomic E-state index is 13.1. The molecule has 0 bridgehead atoms. The van der Waals surface area contributed by atoms with Crippen LogP contribution in [0.5, 0.6) is 0 Å². The second kappa shape index (κ2) is 70.7. The summed E-state index contributed by atoms with van der Waals surface area (Å²) in [4.78, 5) is 72.8. The third-order valence-electron chi connectivity index (χ3n) is 17.1. The molecule has 0 aliphatic heterocycles. The highest BCUT2D eigenvalue weighted by molar-refractivity contribution is 7.47. The summed E-state index contributed by atoms with van der Waals surface area (Å²) >= 11 is 0. The molecule has 0 heterocycles. The summed E-state index contributed by atoms with van der Waals surface area (Å²) in [5.41, 5.74) is 0. The van der Waals surface area contributed by atoms with Crippen molar-refractivity contribution in [1.82, 2.24) is 0 Å². The van der Waals surface area contributed by atoms with E-state index in [1.807, 2.05) is 0 Å². The molecule has 0 saturated heterocycles. The molecule has 0 radical (unpaired) electrons. The number of esters is 4. The van der Waals surface area contributed by atoms with Gasteiger partial charge in [-0.05, 0) is 103 Å². The number of hydrogen-bond acceptors (Lipinski definition) is 15. The average molecular weight is 1400 g/mol. The first kappa shape index (κ1) is 93.3. The van der Waals surface area contributed by atoms with E-state index >= 15 is 0 Å². The number of phosphoric acid groups is 2. The molecule has 5 atom stereocenters. The SMILES string of the molecule is CCCCCC/C=C\CCCCCCCC(=O)OC[C@H](COP(=O)(O)OC[C@@H](O)COP(=O)(O)OC[C@@H](COC(=O)CCCCCCCCCCCCCCC)OC(=O)CCCCCCC/C=C\CCCCCCCC)OC(=O)CCCCCCC/C=C\CCCCCCCC. The van der Waals surface area contributed by atoms with E-state index in [2.05, 4.69) is 64.2 Å². The summed E-state index contributed by atoms with van der Waals surface area (Å²) in [5, 5.41) is 10.6. The van der Waals surface area contributed by atoms with Crippen molar-refractivity contribution in [2.24, 2.45) is 0 Å². The van der Waals surface area contributed by atoms with Crippen LogP contribution in [-0.4, -0.2) is 96.7 Å². The number of allylic oxidation sites excluding steroid dienone is 6. The summed E-state index contributed by atoms with van der Waals surface area (Å²) in [6.45, 7) is 4.90. The number of carbonyl (C=O) groups excluding carboxylic acids is 4. The van der Waals surface area contributed by atoms with E-state index in [1.54, 1.807) is 0 Å². The Labute approximate surface area is 585 Å². The molecular weight excluding hydrogens is 1260 g/mol. The number of unbranched alkanes of at least 4 members (excludes halogenated alkanes) is 43. The van der Waals surface area contributed by atoms with Crippen LogP contribution in [-0.2, 0) is 65.4 Å². The van der Waals surface area contributed by atoms with E-state index in [-0.39, 0.29) is 25.7 Å². The highest BCUT2D eigenvalue weighted by atomic mass is 31.2. The van der Waals surface area contributed by atoms with Crippen molar-refractivity contribution >= 4 is 39.5 Å². The molecule has 0 aromatic carbocycles. The van der Waals surface area contributed by atoms with Gasteiger partial charge in [-0.25, -0.2) is 9.13 Å². The lowest BCUT2D eigenvalue weighted by Gasteiger charge is -2.21. The van der Waals surface area contributed by atoms with E-state index in [0.717, 1.165) is 135 Å². The van der Waals surface area contributed by atoms with Crippen LogP contribution in [0.15, 0.2) is 36.5 Å². The first-order chi connectivity index (χ1) is 46.7. The zero-order valence-electron chi connectivity index (χ0n) is 61.6. The van der Waals surface area contributed by atoms with E-state index in [9.17, 15) is 43.2 Å². The first-order valence-electron chi connectivity index (χ1n) is 39.2. The van der Waals surface area contributed by atoms with Crippen molar-refractivity contribution in [1.29, 1.82) is 0 Å². The fourth-order valence-electron chi connectivity index (χ4n) is 11.0. The van der Waals surface area contributed by atoms with E-state index in [1.165, 1.54) is 161 Å². The molecule has 19 heteroatoms. The van der Waals surface area contributed by atoms with Gasteiger partial charge in [0.05, 0.1) is 26.4 Å². The second-order valence-electron chi connectivity index (χ2n) is 26.7. The molecule has 17 nitrogen and oxygen atoms in total. The minimum absolute atomic E-state index is 0.0895. The number of aliphatic hydroxyl groups excluding tert-OH is 1. The van der Waals surface area contributed by atoms with Crippen LogP contribution in [0.25, 0.3) is 0 Å². The van der Waals surface area contributed by atoms with Gasteiger partial charge in [-0.3, -0.25) is 37.3 Å². The van der Waals surface area contributed by atoms with Gasteiger partial charge in [0.25, 0.3) is 0 Å². The van der Waals surface area contributed by atoms with Crippen molar-refractivity contribution < 1.29 is 80.2 Å². The van der Waals surface area contributed by atoms with Crippen LogP contribution in [0.3, 0.4) is 0 Å². The van der Waals surface area contributed by atoms with Gasteiger partial charge in [-0.15, -0.1) is 0 Å². The number of aliphatic hydroxyl groups is 1. The van der Waals surface area contributed by atoms with Crippen molar-refractivity contribution in [3.63, 3.8) is 0 Å². The lowest BCUT2D eigenvalue weighted by Crippen LogP contribution is -2.30. The third kappa shape index (κ3) is 69.7. The predicted octanol–water partition coefficient (Wildman–Crippen LogP) is 22.3. The Kier molecular flexibility index (Phi) is 68.7. The normalized spacial score (nSPS) is 14.1. The quantitative estimate of drug-likeness (QED) is 0.0169. The minimum atomic E-state index is -4.97. The van der Waals surface area contributed by atoms with Crippen LogP contribution < -0.4 is 0 Å². The molecule has 2 unspecified atom stereocenters. The molecule has 0 saturated carbocycles. The van der Waals surface area contributed by atoms with Crippen molar-refractivity contribution in [3.8, 4) is 0 Å². The average Bonchev–Trinajstić information content (AvgIpc) is 1.18. The topological polar surface area (TPSA) is 237 Å². The second-order valence-corrected chi connectivity index (χ2v) is 29.6. The van der Waals surface area contributed by atoms with Gasteiger partial charge in [-0.2, -0.15) is 0 Å². The fourth-order valence-corrected chi connectivity index (χ4v) is 12.6. The van der Waals surface area contributed by atoms with Crippen molar-refractivity contribution in [2.75, 3.05) is 39.6 Å². The van der Waals surface area contributed by atoms with Gasteiger partial charge in [0.1, 0.15) is 19.3 Å². The monoisotopic (exact) mass is 1400 g/mol. The van der Waals surface area contributed by atoms with Crippen LogP contribution in [0.4, 0.5) is 0 Å². The Morgan fingerprint density at radius 2 is 0.479 bits per heavy atom. The van der Waals surface area contributed by atoms with Crippen LogP contribution in [0, 0.1) is 0 Å². The van der Waals surface area contributed by atoms with Gasteiger partial charge < -0.3 is 33.8 Å². The lowest BCUT2D eigenvalue weighted by molar-refractivity contribution is -0.161. The molecule has 0 rings (SSSR count). The molecule has 0 aliphatic carbocycles. The van der Waals surface area contributed by atoms with E-state index < -0.39 is 97.5 Å². The van der Waals surface area contributed by atoms with Crippen molar-refractivity contribution in [3.05, 3.63) is 36.5 Å². The highest BCUT2D eigenvalue weighted by Gasteiger charge is 2.30. The van der Waals surface area contributed by atoms with E-state index in [4.69, 9.17) is 37.0 Å². The third-order valence-corrected chi connectivity index (χ3v) is 19.0. The Morgan fingerprint density at radius 1 is 0.281 bits per heavy atom. The number of ether oxygens (including phenoxy) is 4. The lowest BCUT2D eigenvalue weighted by atomic mass is 10.0. The predicted molar refractivity (Wildman–Crippen MR) is 391 cm³/mol. The maximum atomic E-state index is 13.1. The molecule has 96 heavy (non-hydrogen) atoms. The Balaban J connectivity index is 5.32. The summed E-state index contributed by atoms with van der Waals surface area (Å²) in [7, 11) is -9.93. The minimum Gasteiger partial charge on any atom is -0.462 e. The van der Waals surface area contributed by atoms with E-state index in [0.29, 0.717) is 25.7 Å². The fraction of sp³-hybridized carbons (Fsp3) is 0.870. The molecule has 0 spiro atoms. The zero-order valence-corrected chi connectivity index (χ0v) is 63.4. The van der Waals surface area contributed by atoms with Gasteiger partial charge in [0, 0.05) is 25.7 Å². The molecular formula is C77H144O17P2. The number of rotatable bonds is 75. The molecule has 0 aliphatic rings. The highest BCUT2D eigenvalue weighted by Crippen LogP contribution is 2.45. The first-order valence-corrected chi connectivity index (χ1v) is 42.2. The van der Waals surface area contributed by atoms with Crippen LogP contribution >= 0.6 is 15.6 Å².